The van der Waals surface area contributed by atoms with Gasteiger partial charge in [0.25, 0.3) is 0 Å². The van der Waals surface area contributed by atoms with Crippen LogP contribution in [0.5, 0.6) is 5.75 Å². The molecule has 1 aromatic rings. The molecule has 5 heteroatoms. The van der Waals surface area contributed by atoms with Crippen LogP contribution < -0.4 is 10.5 Å². The fraction of sp³-hybridized carbons (Fsp3) is 0.364. The van der Waals surface area contributed by atoms with E-state index in [2.05, 4.69) is 4.74 Å². The van der Waals surface area contributed by atoms with Crippen molar-refractivity contribution in [2.24, 2.45) is 5.73 Å². The lowest BCUT2D eigenvalue weighted by Gasteiger charge is -2.09. The molecule has 0 saturated carbocycles. The molecule has 2 N–H and O–H groups in total. The Kier molecular flexibility index (Phi) is 4.98. The van der Waals surface area contributed by atoms with Gasteiger partial charge in [0.1, 0.15) is 5.75 Å². The molecule has 1 amide bonds. The third-order valence-electron chi connectivity index (χ3n) is 2.11. The first kappa shape index (κ1) is 12.7. The van der Waals surface area contributed by atoms with Crippen molar-refractivity contribution in [1.82, 2.24) is 0 Å². The fourth-order valence-corrected chi connectivity index (χ4v) is 1.75. The molecule has 1 aromatic carbocycles. The van der Waals surface area contributed by atoms with Gasteiger partial charge in [-0.15, -0.1) is 11.8 Å². The van der Waals surface area contributed by atoms with E-state index in [0.717, 1.165) is 16.2 Å². The molecule has 0 spiro atoms. The summed E-state index contributed by atoms with van der Waals surface area (Å²) in [5.41, 5.74) is 5.88. The predicted molar refractivity (Wildman–Crippen MR) is 64.0 cm³/mol. The molecule has 0 saturated heterocycles. The molecule has 4 nitrogen and oxygen atoms in total. The van der Waals surface area contributed by atoms with Crippen LogP contribution in [0, 0.1) is 0 Å². The number of benzene rings is 1. The van der Waals surface area contributed by atoms with E-state index in [1.807, 2.05) is 24.5 Å². The maximum atomic E-state index is 10.4. The van der Waals surface area contributed by atoms with E-state index in [0.29, 0.717) is 6.42 Å². The summed E-state index contributed by atoms with van der Waals surface area (Å²) in [6.45, 7) is 0.268. The van der Waals surface area contributed by atoms with Crippen LogP contribution in [-0.2, 0) is 11.2 Å². The van der Waals surface area contributed by atoms with Crippen molar-refractivity contribution >= 4 is 17.9 Å². The van der Waals surface area contributed by atoms with Crippen LogP contribution in [0.3, 0.4) is 0 Å². The second kappa shape index (κ2) is 6.27. The van der Waals surface area contributed by atoms with Gasteiger partial charge < -0.3 is 15.2 Å². The van der Waals surface area contributed by atoms with E-state index in [1.165, 1.54) is 0 Å². The number of carbonyl (C=O) groups is 1. The summed E-state index contributed by atoms with van der Waals surface area (Å²) in [7, 11) is 1.62. The van der Waals surface area contributed by atoms with Crippen molar-refractivity contribution in [3.05, 3.63) is 23.8 Å². The molecule has 16 heavy (non-hydrogen) atoms. The van der Waals surface area contributed by atoms with Gasteiger partial charge in [-0.05, 0) is 24.0 Å². The molecule has 0 radical (unpaired) electrons. The highest BCUT2D eigenvalue weighted by Gasteiger charge is 2.05. The first-order valence-corrected chi connectivity index (χ1v) is 6.03. The highest BCUT2D eigenvalue weighted by Crippen LogP contribution is 2.25. The smallest absolute Gasteiger partial charge is 0.404 e. The number of carbonyl (C=O) groups excluding carboxylic acids is 1. The largest absolute Gasteiger partial charge is 0.496 e. The van der Waals surface area contributed by atoms with Crippen LogP contribution in [0.25, 0.3) is 0 Å². The summed E-state index contributed by atoms with van der Waals surface area (Å²) in [4.78, 5) is 11.5. The normalized spacial score (nSPS) is 9.88. The van der Waals surface area contributed by atoms with Crippen LogP contribution in [0.1, 0.15) is 5.56 Å². The lowest BCUT2D eigenvalue weighted by molar-refractivity contribution is 0.158. The van der Waals surface area contributed by atoms with Crippen molar-refractivity contribution < 1.29 is 14.3 Å². The van der Waals surface area contributed by atoms with Crippen molar-refractivity contribution in [3.8, 4) is 5.75 Å². The van der Waals surface area contributed by atoms with Crippen molar-refractivity contribution in [2.75, 3.05) is 20.0 Å². The summed E-state index contributed by atoms with van der Waals surface area (Å²) >= 11 is 1.65. The number of hydrogen-bond acceptors (Lipinski definition) is 4. The fourth-order valence-electron chi connectivity index (χ4n) is 1.32. The summed E-state index contributed by atoms with van der Waals surface area (Å²) in [6.07, 6.45) is 1.85. The third-order valence-corrected chi connectivity index (χ3v) is 2.84. The molecular formula is C11H15NO3S. The van der Waals surface area contributed by atoms with Crippen LogP contribution in [0.2, 0.25) is 0 Å². The summed E-state index contributed by atoms with van der Waals surface area (Å²) in [5, 5.41) is 0. The number of nitrogens with two attached hydrogens (primary N) is 1. The molecule has 1 rings (SSSR count). The Morgan fingerprint density at radius 3 is 2.81 bits per heavy atom. The second-order valence-corrected chi connectivity index (χ2v) is 3.97. The van der Waals surface area contributed by atoms with Crippen LogP contribution in [-0.4, -0.2) is 26.1 Å². The Bertz CT molecular complexity index is 368. The van der Waals surface area contributed by atoms with Gasteiger partial charge in [-0.2, -0.15) is 0 Å². The predicted octanol–water partition coefficient (Wildman–Crippen LogP) is 2.05. The van der Waals surface area contributed by atoms with Crippen LogP contribution >= 0.6 is 11.8 Å². The number of primary amides is 1. The van der Waals surface area contributed by atoms with Gasteiger partial charge in [0.15, 0.2) is 0 Å². The van der Waals surface area contributed by atoms with E-state index in [9.17, 15) is 4.79 Å². The minimum Gasteiger partial charge on any atom is -0.496 e. The van der Waals surface area contributed by atoms with E-state index in [4.69, 9.17) is 10.5 Å². The number of rotatable bonds is 5. The highest BCUT2D eigenvalue weighted by molar-refractivity contribution is 7.98. The van der Waals surface area contributed by atoms with E-state index in [-0.39, 0.29) is 6.61 Å². The molecule has 0 unspecified atom stereocenters. The summed E-state index contributed by atoms with van der Waals surface area (Å²) in [5.74, 6) is 0.805. The number of hydrogen-bond donors (Lipinski definition) is 1. The molecule has 0 bridgehead atoms. The molecule has 0 aliphatic heterocycles. The molecule has 0 atom stereocenters. The summed E-state index contributed by atoms with van der Waals surface area (Å²) < 4.78 is 9.94. The maximum absolute atomic E-state index is 10.4. The zero-order chi connectivity index (χ0) is 12.0. The van der Waals surface area contributed by atoms with Crippen LogP contribution in [0.15, 0.2) is 23.1 Å². The third kappa shape index (κ3) is 3.66. The van der Waals surface area contributed by atoms with Gasteiger partial charge in [0.05, 0.1) is 13.7 Å². The van der Waals surface area contributed by atoms with Gasteiger partial charge in [-0.25, -0.2) is 4.79 Å². The topological polar surface area (TPSA) is 61.6 Å². The van der Waals surface area contributed by atoms with Crippen molar-refractivity contribution in [1.29, 1.82) is 0 Å². The van der Waals surface area contributed by atoms with E-state index >= 15 is 0 Å². The van der Waals surface area contributed by atoms with Crippen LogP contribution in [0.4, 0.5) is 4.79 Å². The SMILES string of the molecule is COc1cc(SC)ccc1CCOC(N)=O. The Morgan fingerprint density at radius 1 is 1.50 bits per heavy atom. The molecule has 0 aliphatic carbocycles. The Labute approximate surface area is 99.1 Å². The van der Waals surface area contributed by atoms with Gasteiger partial charge >= 0.3 is 6.09 Å². The Hall–Kier alpha value is -1.36. The lowest BCUT2D eigenvalue weighted by atomic mass is 10.1. The first-order chi connectivity index (χ1) is 7.67. The van der Waals surface area contributed by atoms with Gasteiger partial charge in [0, 0.05) is 11.3 Å². The first-order valence-electron chi connectivity index (χ1n) is 4.80. The standard InChI is InChI=1S/C11H15NO3S/c1-14-10-7-9(16-2)4-3-8(10)5-6-15-11(12)13/h3-4,7H,5-6H2,1-2H3,(H2,12,13). The number of thioether (sulfide) groups is 1. The minimum absolute atomic E-state index is 0.268. The average Bonchev–Trinajstić information content (AvgIpc) is 2.29. The molecule has 88 valence electrons. The number of amides is 1. The monoisotopic (exact) mass is 241 g/mol. The van der Waals surface area contributed by atoms with Gasteiger partial charge in [-0.1, -0.05) is 6.07 Å². The van der Waals surface area contributed by atoms with Crippen molar-refractivity contribution in [3.63, 3.8) is 0 Å². The maximum Gasteiger partial charge on any atom is 0.404 e. The lowest BCUT2D eigenvalue weighted by Crippen LogP contribution is -2.14. The quantitative estimate of drug-likeness (QED) is 0.801. The second-order valence-electron chi connectivity index (χ2n) is 3.10. The van der Waals surface area contributed by atoms with E-state index in [1.54, 1.807) is 18.9 Å². The zero-order valence-corrected chi connectivity index (χ0v) is 10.2. The number of methoxy groups -OCH3 is 1. The minimum atomic E-state index is -0.750. The van der Waals surface area contributed by atoms with Gasteiger partial charge in [0.2, 0.25) is 0 Å². The highest BCUT2D eigenvalue weighted by atomic mass is 32.2. The molecular weight excluding hydrogens is 226 g/mol. The molecule has 0 aromatic heterocycles. The molecule has 0 fully saturated rings. The zero-order valence-electron chi connectivity index (χ0n) is 9.36. The van der Waals surface area contributed by atoms with Gasteiger partial charge in [-0.3, -0.25) is 0 Å². The average molecular weight is 241 g/mol. The Balaban J connectivity index is 2.68. The summed E-state index contributed by atoms with van der Waals surface area (Å²) in [6, 6.07) is 5.94. The molecule has 0 heterocycles. The Morgan fingerprint density at radius 2 is 2.25 bits per heavy atom. The number of ether oxygens (including phenoxy) is 2. The van der Waals surface area contributed by atoms with Crippen molar-refractivity contribution in [2.45, 2.75) is 11.3 Å². The van der Waals surface area contributed by atoms with E-state index < -0.39 is 6.09 Å². The molecule has 0 aliphatic rings.